The lowest BCUT2D eigenvalue weighted by atomic mass is 10.1. The zero-order valence-electron chi connectivity index (χ0n) is 11.3. The number of carbonyl (C=O) groups is 1. The monoisotopic (exact) mass is 243 g/mol. The number of nitrogens with one attached hydrogen (secondary N) is 1. The zero-order chi connectivity index (χ0) is 12.8. The van der Waals surface area contributed by atoms with Crippen molar-refractivity contribution in [3.05, 3.63) is 0 Å². The summed E-state index contributed by atoms with van der Waals surface area (Å²) in [4.78, 5) is 10.3. The van der Waals surface area contributed by atoms with E-state index in [1.165, 1.54) is 44.9 Å². The van der Waals surface area contributed by atoms with Crippen LogP contribution in [-0.4, -0.2) is 24.2 Å². The van der Waals surface area contributed by atoms with Gasteiger partial charge in [0.05, 0.1) is 0 Å². The summed E-state index contributed by atoms with van der Waals surface area (Å²) in [5.41, 5.74) is 0. The fourth-order valence-electron chi connectivity index (χ4n) is 1.86. The van der Waals surface area contributed by atoms with E-state index < -0.39 is 5.97 Å². The first-order chi connectivity index (χ1) is 8.27. The standard InChI is InChI=1S/C14H29NO2/c1-2-3-4-5-6-7-9-12-15-13-10-8-11-14(16)17/h15H,2-13H2,1H3,(H,16,17). The van der Waals surface area contributed by atoms with Crippen molar-refractivity contribution in [3.8, 4) is 0 Å². The molecule has 0 spiro atoms. The van der Waals surface area contributed by atoms with E-state index in [0.29, 0.717) is 6.42 Å². The van der Waals surface area contributed by atoms with Crippen LogP contribution in [0, 0.1) is 0 Å². The average molecular weight is 243 g/mol. The third-order valence-corrected chi connectivity index (χ3v) is 2.95. The van der Waals surface area contributed by atoms with Crippen LogP contribution in [0.4, 0.5) is 0 Å². The first kappa shape index (κ1) is 16.4. The predicted molar refractivity (Wildman–Crippen MR) is 72.3 cm³/mol. The third kappa shape index (κ3) is 15.4. The minimum atomic E-state index is -0.683. The molecular weight excluding hydrogens is 214 g/mol. The highest BCUT2D eigenvalue weighted by Gasteiger charge is 1.95. The van der Waals surface area contributed by atoms with Crippen molar-refractivity contribution >= 4 is 5.97 Å². The van der Waals surface area contributed by atoms with Crippen LogP contribution in [0.1, 0.15) is 71.1 Å². The van der Waals surface area contributed by atoms with Gasteiger partial charge in [0.25, 0.3) is 0 Å². The minimum absolute atomic E-state index is 0.305. The second kappa shape index (κ2) is 13.5. The highest BCUT2D eigenvalue weighted by atomic mass is 16.4. The molecule has 0 amide bonds. The molecule has 0 bridgehead atoms. The Morgan fingerprint density at radius 3 is 2.00 bits per heavy atom. The largest absolute Gasteiger partial charge is 0.481 e. The molecule has 0 aromatic carbocycles. The van der Waals surface area contributed by atoms with Crippen LogP contribution in [0.3, 0.4) is 0 Å². The lowest BCUT2D eigenvalue weighted by Gasteiger charge is -2.04. The SMILES string of the molecule is CCCCCCCCCNCCCCC(=O)O. The Balaban J connectivity index is 2.91. The van der Waals surface area contributed by atoms with Gasteiger partial charge in [0.15, 0.2) is 0 Å². The predicted octanol–water partition coefficient (Wildman–Crippen LogP) is 3.58. The number of carboxylic acid groups (broad SMARTS) is 1. The molecule has 102 valence electrons. The number of aliphatic carboxylic acids is 1. The molecule has 17 heavy (non-hydrogen) atoms. The van der Waals surface area contributed by atoms with Crippen molar-refractivity contribution in [1.29, 1.82) is 0 Å². The summed E-state index contributed by atoms with van der Waals surface area (Å²) < 4.78 is 0. The number of hydrogen-bond acceptors (Lipinski definition) is 2. The van der Waals surface area contributed by atoms with Gasteiger partial charge in [0.1, 0.15) is 0 Å². The van der Waals surface area contributed by atoms with Crippen LogP contribution in [0.2, 0.25) is 0 Å². The van der Waals surface area contributed by atoms with Crippen molar-refractivity contribution in [2.24, 2.45) is 0 Å². The molecule has 0 saturated carbocycles. The summed E-state index contributed by atoms with van der Waals surface area (Å²) >= 11 is 0. The molecule has 0 radical (unpaired) electrons. The molecule has 0 unspecified atom stereocenters. The Morgan fingerprint density at radius 2 is 1.41 bits per heavy atom. The van der Waals surface area contributed by atoms with Gasteiger partial charge in [-0.05, 0) is 32.4 Å². The second-order valence-corrected chi connectivity index (χ2v) is 4.72. The van der Waals surface area contributed by atoms with Crippen molar-refractivity contribution in [2.45, 2.75) is 71.1 Å². The Kier molecular flexibility index (Phi) is 13.0. The third-order valence-electron chi connectivity index (χ3n) is 2.95. The van der Waals surface area contributed by atoms with E-state index in [1.54, 1.807) is 0 Å². The first-order valence-corrected chi connectivity index (χ1v) is 7.20. The molecule has 3 nitrogen and oxygen atoms in total. The number of rotatable bonds is 13. The quantitative estimate of drug-likeness (QED) is 0.486. The molecule has 0 aromatic rings. The van der Waals surface area contributed by atoms with E-state index >= 15 is 0 Å². The van der Waals surface area contributed by atoms with E-state index in [9.17, 15) is 4.79 Å². The molecule has 0 aliphatic rings. The van der Waals surface area contributed by atoms with Crippen LogP contribution in [0.15, 0.2) is 0 Å². The van der Waals surface area contributed by atoms with Crippen LogP contribution < -0.4 is 5.32 Å². The van der Waals surface area contributed by atoms with Crippen LogP contribution in [0.25, 0.3) is 0 Å². The molecule has 0 aromatic heterocycles. The Bertz CT molecular complexity index is 172. The molecule has 0 atom stereocenters. The topological polar surface area (TPSA) is 49.3 Å². The normalized spacial score (nSPS) is 10.6. The van der Waals surface area contributed by atoms with Crippen LogP contribution in [0.5, 0.6) is 0 Å². The van der Waals surface area contributed by atoms with Crippen molar-refractivity contribution in [1.82, 2.24) is 5.32 Å². The smallest absolute Gasteiger partial charge is 0.303 e. The molecule has 0 aliphatic heterocycles. The second-order valence-electron chi connectivity index (χ2n) is 4.72. The lowest BCUT2D eigenvalue weighted by molar-refractivity contribution is -0.137. The minimum Gasteiger partial charge on any atom is -0.481 e. The molecule has 0 fully saturated rings. The number of hydrogen-bond donors (Lipinski definition) is 2. The van der Waals surface area contributed by atoms with Crippen molar-refractivity contribution in [3.63, 3.8) is 0 Å². The molecule has 2 N–H and O–H groups in total. The summed E-state index contributed by atoms with van der Waals surface area (Å²) in [5, 5.41) is 11.8. The van der Waals surface area contributed by atoms with Gasteiger partial charge >= 0.3 is 5.97 Å². The van der Waals surface area contributed by atoms with E-state index in [-0.39, 0.29) is 0 Å². The van der Waals surface area contributed by atoms with Gasteiger partial charge in [-0.3, -0.25) is 4.79 Å². The Labute approximate surface area is 106 Å². The van der Waals surface area contributed by atoms with E-state index in [1.807, 2.05) is 0 Å². The van der Waals surface area contributed by atoms with Crippen molar-refractivity contribution < 1.29 is 9.90 Å². The summed E-state index contributed by atoms with van der Waals surface area (Å²) in [6.07, 6.45) is 11.5. The fraction of sp³-hybridized carbons (Fsp3) is 0.929. The molecule has 0 saturated heterocycles. The number of carboxylic acids is 1. The van der Waals surface area contributed by atoms with Gasteiger partial charge in [0.2, 0.25) is 0 Å². The highest BCUT2D eigenvalue weighted by Crippen LogP contribution is 2.06. The lowest BCUT2D eigenvalue weighted by Crippen LogP contribution is -2.16. The van der Waals surface area contributed by atoms with Gasteiger partial charge in [-0.2, -0.15) is 0 Å². The van der Waals surface area contributed by atoms with E-state index in [2.05, 4.69) is 12.2 Å². The average Bonchev–Trinajstić information content (AvgIpc) is 2.30. The zero-order valence-corrected chi connectivity index (χ0v) is 11.3. The molecular formula is C14H29NO2. The fourth-order valence-corrected chi connectivity index (χ4v) is 1.86. The maximum Gasteiger partial charge on any atom is 0.303 e. The van der Waals surface area contributed by atoms with E-state index in [0.717, 1.165) is 25.9 Å². The molecule has 0 heterocycles. The van der Waals surface area contributed by atoms with Crippen LogP contribution in [-0.2, 0) is 4.79 Å². The Hall–Kier alpha value is -0.570. The maximum absolute atomic E-state index is 10.3. The summed E-state index contributed by atoms with van der Waals surface area (Å²) in [5.74, 6) is -0.683. The van der Waals surface area contributed by atoms with Gasteiger partial charge in [-0.1, -0.05) is 45.4 Å². The van der Waals surface area contributed by atoms with Crippen molar-refractivity contribution in [2.75, 3.05) is 13.1 Å². The molecule has 0 aliphatic carbocycles. The maximum atomic E-state index is 10.3. The van der Waals surface area contributed by atoms with Gasteiger partial charge in [0, 0.05) is 6.42 Å². The Morgan fingerprint density at radius 1 is 0.882 bits per heavy atom. The molecule has 0 rings (SSSR count). The first-order valence-electron chi connectivity index (χ1n) is 7.20. The van der Waals surface area contributed by atoms with Crippen LogP contribution >= 0.6 is 0 Å². The summed E-state index contributed by atoms with van der Waals surface area (Å²) in [6.45, 7) is 4.29. The summed E-state index contributed by atoms with van der Waals surface area (Å²) in [7, 11) is 0. The number of unbranched alkanes of at least 4 members (excludes halogenated alkanes) is 7. The highest BCUT2D eigenvalue weighted by molar-refractivity contribution is 5.66. The summed E-state index contributed by atoms with van der Waals surface area (Å²) in [6, 6.07) is 0. The van der Waals surface area contributed by atoms with Gasteiger partial charge in [-0.25, -0.2) is 0 Å². The van der Waals surface area contributed by atoms with E-state index in [4.69, 9.17) is 5.11 Å². The van der Waals surface area contributed by atoms with Gasteiger partial charge < -0.3 is 10.4 Å². The van der Waals surface area contributed by atoms with Gasteiger partial charge in [-0.15, -0.1) is 0 Å². The molecule has 3 heteroatoms.